The van der Waals surface area contributed by atoms with Crippen molar-refractivity contribution in [2.24, 2.45) is 16.9 Å². The third kappa shape index (κ3) is 11.9. The molecule has 3 aliphatic heterocycles. The van der Waals surface area contributed by atoms with E-state index in [1.54, 1.807) is 50.2 Å². The monoisotopic (exact) mass is 1190 g/mol. The summed E-state index contributed by atoms with van der Waals surface area (Å²) in [7, 11) is 0. The molecule has 5 heterocycles. The highest BCUT2D eigenvalue weighted by Crippen LogP contribution is 2.69. The molecular weight excluding hydrogens is 1130 g/mol. The number of cyclic esters (lactones) is 1. The van der Waals surface area contributed by atoms with E-state index < -0.39 is 137 Å². The van der Waals surface area contributed by atoms with E-state index in [0.717, 1.165) is 11.1 Å². The summed E-state index contributed by atoms with van der Waals surface area (Å²) >= 11 is 0. The molecule has 4 aromatic rings. The van der Waals surface area contributed by atoms with E-state index in [4.69, 9.17) is 30.7 Å². The van der Waals surface area contributed by atoms with Crippen molar-refractivity contribution in [3.05, 3.63) is 97.6 Å². The molecule has 28 heteroatoms. The highest BCUT2D eigenvalue weighted by Gasteiger charge is 2.73. The first-order chi connectivity index (χ1) is 40.9. The van der Waals surface area contributed by atoms with Crippen molar-refractivity contribution in [1.29, 1.82) is 0 Å². The fourth-order valence-electron chi connectivity index (χ4n) is 12.6. The zero-order valence-corrected chi connectivity index (χ0v) is 47.2. The van der Waals surface area contributed by atoms with Crippen molar-refractivity contribution in [3.8, 4) is 11.4 Å². The number of carbonyl (C=O) groups excluding carboxylic acids is 9. The predicted octanol–water partition coefficient (Wildman–Crippen LogP) is -2.69. The first kappa shape index (κ1) is 60.8. The van der Waals surface area contributed by atoms with E-state index in [1.807, 2.05) is 0 Å². The van der Waals surface area contributed by atoms with Gasteiger partial charge < -0.3 is 82.8 Å². The second-order valence-corrected chi connectivity index (χ2v) is 23.1. The molecule has 7 aliphatic rings. The number of nitrogens with two attached hydrogens (primary N) is 2. The summed E-state index contributed by atoms with van der Waals surface area (Å²) in [5, 5.41) is 50.5. The van der Waals surface area contributed by atoms with Gasteiger partial charge in [-0.25, -0.2) is 14.2 Å². The minimum absolute atomic E-state index is 0.0169. The van der Waals surface area contributed by atoms with Gasteiger partial charge in [0.1, 0.15) is 43.5 Å². The van der Waals surface area contributed by atoms with Crippen LogP contribution in [0.4, 0.5) is 4.39 Å². The van der Waals surface area contributed by atoms with Crippen LogP contribution in [0, 0.1) is 18.2 Å². The molecule has 0 spiro atoms. The number of esters is 1. The average Bonchev–Trinajstić information content (AvgIpc) is 0.696. The molecule has 14 N–H and O–H groups in total. The van der Waals surface area contributed by atoms with Gasteiger partial charge in [-0.15, -0.1) is 0 Å². The van der Waals surface area contributed by atoms with Crippen molar-refractivity contribution in [2.45, 2.75) is 145 Å². The van der Waals surface area contributed by atoms with Gasteiger partial charge in [0.25, 0.3) is 5.56 Å². The number of aliphatic hydroxyl groups excluding tert-OH is 2. The molecule has 11 rings (SSSR count). The van der Waals surface area contributed by atoms with Crippen LogP contribution in [0.1, 0.15) is 103 Å². The fraction of sp³-hybridized carbons (Fsp3) is 0.500. The molecule has 2 aromatic carbocycles. The number of carbonyl (C=O) groups is 9. The Labute approximate surface area is 490 Å². The summed E-state index contributed by atoms with van der Waals surface area (Å²) in [5.74, 6) is -6.42. The normalized spacial score (nSPS) is 25.1. The van der Waals surface area contributed by atoms with Crippen LogP contribution in [0.25, 0.3) is 22.3 Å². The Morgan fingerprint density at radius 1 is 0.872 bits per heavy atom. The number of halogens is 1. The lowest BCUT2D eigenvalue weighted by molar-refractivity contribution is -0.276. The molecule has 4 fully saturated rings. The molecule has 0 unspecified atom stereocenters. The van der Waals surface area contributed by atoms with E-state index in [-0.39, 0.29) is 75.6 Å². The molecule has 1 saturated heterocycles. The molecule has 4 aliphatic carbocycles. The van der Waals surface area contributed by atoms with Gasteiger partial charge in [-0.2, -0.15) is 0 Å². The number of pyridine rings is 2. The van der Waals surface area contributed by atoms with Gasteiger partial charge in [-0.1, -0.05) is 37.3 Å². The number of fused-ring (bicyclic) bond motifs is 5. The molecule has 458 valence electrons. The third-order valence-electron chi connectivity index (χ3n) is 17.4. The number of benzene rings is 2. The Morgan fingerprint density at radius 2 is 1.56 bits per heavy atom. The van der Waals surface area contributed by atoms with E-state index in [9.17, 15) is 63.3 Å². The number of aromatic nitrogens is 2. The van der Waals surface area contributed by atoms with E-state index in [1.165, 1.54) is 10.6 Å². The molecule has 2 aromatic heterocycles. The summed E-state index contributed by atoms with van der Waals surface area (Å²) in [6, 6.07) is 8.72. The molecule has 8 atom stereocenters. The number of nitrogens with zero attached hydrogens (tertiary/aromatic N) is 2. The molecule has 0 radical (unpaired) electrons. The molecule has 8 amide bonds. The Hall–Kier alpha value is -8.28. The van der Waals surface area contributed by atoms with Crippen LogP contribution in [0.3, 0.4) is 0 Å². The summed E-state index contributed by atoms with van der Waals surface area (Å²) in [4.78, 5) is 134. The number of amides is 8. The molecule has 86 heavy (non-hydrogen) atoms. The topological polar surface area (TPSA) is 413 Å². The maximum absolute atomic E-state index is 15.5. The first-order valence-electron chi connectivity index (χ1n) is 28.4. The largest absolute Gasteiger partial charge is 0.458 e. The summed E-state index contributed by atoms with van der Waals surface area (Å²) in [6.45, 7) is 0.997. The lowest BCUT2D eigenvalue weighted by atomic mass is 9.40. The smallest absolute Gasteiger partial charge is 0.343 e. The van der Waals surface area contributed by atoms with Crippen LogP contribution in [0.2, 0.25) is 0 Å². The molecule has 3 saturated carbocycles. The number of rotatable bonds is 24. The second-order valence-electron chi connectivity index (χ2n) is 23.1. The standard InChI is InChI=1S/C58H68FN11O16/c1-3-58(83)32-14-38-48-30(21-70(38)53(80)31(32)22-84-55(58)82)47-35(11-9-29-27(2)33(59)15-36(68-48)46(29)47)69-54(81)56-23-57(24-56,25-56)85-26-66-44(74)19-65-52(79)37(13-28-7-5-4-6-8-28)67-45(75)20-63-43(73)18-64-51(78)34(60)10-12-42(72)62-17-40-50(77)49(76)39(86-40)16-41(61)71/h4-8,14-15,34-35,37,39-40,49-50,76-77,83H,3,9-13,16-26,60H2,1-2H3,(H2,61,71)(H,62,72)(H,63,73)(H,64,78)(H,65,79)(H,66,74)(H,67,75)(H,69,81)/t34-,35-,37-,39-,40+,49-,50+,56?,57?,58-/m0/s1. The second kappa shape index (κ2) is 24.2. The van der Waals surface area contributed by atoms with Crippen LogP contribution >= 0.6 is 0 Å². The molecule has 2 bridgehead atoms. The van der Waals surface area contributed by atoms with Gasteiger partial charge in [0, 0.05) is 42.0 Å². The minimum Gasteiger partial charge on any atom is -0.458 e. The molecular formula is C58H68FN11O16. The summed E-state index contributed by atoms with van der Waals surface area (Å²) in [6.07, 6.45) is -3.51. The fourth-order valence-corrected chi connectivity index (χ4v) is 12.6. The zero-order chi connectivity index (χ0) is 61.6. The Morgan fingerprint density at radius 3 is 2.27 bits per heavy atom. The molecule has 27 nitrogen and oxygen atoms in total. The van der Waals surface area contributed by atoms with Crippen LogP contribution < -0.4 is 54.2 Å². The quantitative estimate of drug-likeness (QED) is 0.0221. The van der Waals surface area contributed by atoms with Gasteiger partial charge in [0.2, 0.25) is 47.3 Å². The number of aliphatic hydroxyl groups is 3. The van der Waals surface area contributed by atoms with Crippen LogP contribution in [-0.2, 0) is 89.0 Å². The number of ether oxygens (including phenoxy) is 3. The highest BCUT2D eigenvalue weighted by atomic mass is 19.1. The van der Waals surface area contributed by atoms with E-state index in [2.05, 4.69) is 37.2 Å². The third-order valence-corrected chi connectivity index (χ3v) is 17.4. The maximum Gasteiger partial charge on any atom is 0.343 e. The maximum atomic E-state index is 15.5. The van der Waals surface area contributed by atoms with Crippen molar-refractivity contribution < 1.29 is 77.1 Å². The van der Waals surface area contributed by atoms with Gasteiger partial charge in [-0.05, 0) is 80.2 Å². The number of aryl methyl sites for hydroxylation is 1. The van der Waals surface area contributed by atoms with Gasteiger partial charge in [-0.3, -0.25) is 43.2 Å². The van der Waals surface area contributed by atoms with Crippen LogP contribution in [0.5, 0.6) is 0 Å². The summed E-state index contributed by atoms with van der Waals surface area (Å²) in [5.41, 5.74) is 11.9. The zero-order valence-electron chi connectivity index (χ0n) is 47.2. The number of primary amides is 1. The van der Waals surface area contributed by atoms with Crippen molar-refractivity contribution in [3.63, 3.8) is 0 Å². The number of hydrogen-bond donors (Lipinski definition) is 12. The van der Waals surface area contributed by atoms with Gasteiger partial charge in [0.15, 0.2) is 5.60 Å². The van der Waals surface area contributed by atoms with Crippen LogP contribution in [-0.4, -0.2) is 153 Å². The van der Waals surface area contributed by atoms with Gasteiger partial charge in [0.05, 0.1) is 84.3 Å². The highest BCUT2D eigenvalue weighted by molar-refractivity contribution is 5.96. The Bertz CT molecular complexity index is 3510. The lowest BCUT2D eigenvalue weighted by Crippen LogP contribution is -2.73. The van der Waals surface area contributed by atoms with Crippen molar-refractivity contribution in [2.75, 3.05) is 32.9 Å². The van der Waals surface area contributed by atoms with E-state index in [0.29, 0.717) is 71.1 Å². The minimum atomic E-state index is -2.04. The Balaban J connectivity index is 0.666. The van der Waals surface area contributed by atoms with E-state index >= 15 is 4.39 Å². The number of hydrogen-bond acceptors (Lipinski definition) is 18. The van der Waals surface area contributed by atoms with Gasteiger partial charge >= 0.3 is 5.97 Å². The number of nitrogens with one attached hydrogen (secondary N) is 7. The predicted molar refractivity (Wildman–Crippen MR) is 297 cm³/mol. The van der Waals surface area contributed by atoms with Crippen LogP contribution in [0.15, 0.2) is 47.3 Å². The SMILES string of the molecule is CC[C@@]1(O)C(=O)OCc2c1cc1n(c2=O)Cc2c-1nc1cc(F)c(C)c3c1c2[C@@H](NC(=O)C12CC(OCNC(=O)CNC(=O)[C@H](Cc4ccccc4)NC(=O)CNC(=O)CNC(=O)[C@@H](N)CCC(=O)NC[C@H]4O[C@@H](CC(N)=O)[C@H](O)[C@@H]4O)(C1)C2)CC3. The van der Waals surface area contributed by atoms with Crippen molar-refractivity contribution in [1.82, 2.24) is 46.8 Å². The summed E-state index contributed by atoms with van der Waals surface area (Å²) < 4.78 is 33.8. The van der Waals surface area contributed by atoms with Crippen molar-refractivity contribution >= 4 is 64.1 Å². The average molecular weight is 1190 g/mol. The lowest BCUT2D eigenvalue weighted by Gasteiger charge is -2.68. The first-order valence-corrected chi connectivity index (χ1v) is 28.4. The Kier molecular flexibility index (Phi) is 17.1.